The third kappa shape index (κ3) is 3.82. The average Bonchev–Trinajstić information content (AvgIpc) is 2.97. The number of carbonyl (C=O) groups is 1. The van der Waals surface area contributed by atoms with Crippen LogP contribution in [0.25, 0.3) is 10.2 Å². The van der Waals surface area contributed by atoms with Gasteiger partial charge in [-0.05, 0) is 43.8 Å². The molecule has 0 atom stereocenters. The fourth-order valence-corrected chi connectivity index (χ4v) is 4.39. The first-order valence-corrected chi connectivity index (χ1v) is 9.61. The van der Waals surface area contributed by atoms with E-state index in [1.807, 2.05) is 6.92 Å². The van der Waals surface area contributed by atoms with Crippen LogP contribution in [0.15, 0.2) is 0 Å². The number of carbonyl (C=O) groups excluding carboxylic acids is 1. The number of nitrogens with zero attached hydrogens (tertiary/aromatic N) is 2. The molecule has 3 heterocycles. The summed E-state index contributed by atoms with van der Waals surface area (Å²) in [5.41, 5.74) is 1.01. The van der Waals surface area contributed by atoms with E-state index in [4.69, 9.17) is 9.47 Å². The van der Waals surface area contributed by atoms with Crippen molar-refractivity contribution >= 4 is 27.5 Å². The first-order chi connectivity index (χ1) is 12.5. The molecular weight excluding hydrogens is 352 g/mol. The van der Waals surface area contributed by atoms with Gasteiger partial charge in [0, 0.05) is 13.7 Å². The lowest BCUT2D eigenvalue weighted by Gasteiger charge is -2.34. The molecule has 8 heteroatoms. The third-order valence-electron chi connectivity index (χ3n) is 4.96. The van der Waals surface area contributed by atoms with Crippen molar-refractivity contribution in [2.24, 2.45) is 5.41 Å². The molecule has 0 spiro atoms. The summed E-state index contributed by atoms with van der Waals surface area (Å²) in [5.74, 6) is 0.980. The summed E-state index contributed by atoms with van der Waals surface area (Å²) in [6, 6.07) is 0. The highest BCUT2D eigenvalue weighted by Gasteiger charge is 2.28. The van der Waals surface area contributed by atoms with Crippen molar-refractivity contribution in [2.75, 3.05) is 33.9 Å². The van der Waals surface area contributed by atoms with Crippen LogP contribution in [0.4, 0.5) is 0 Å². The number of ether oxygens (including phenoxy) is 2. The van der Waals surface area contributed by atoms with Crippen LogP contribution >= 0.6 is 11.3 Å². The topological polar surface area (TPSA) is 85.4 Å². The van der Waals surface area contributed by atoms with E-state index >= 15 is 0 Å². The number of methoxy groups -OCH3 is 2. The van der Waals surface area contributed by atoms with Crippen LogP contribution in [0.2, 0.25) is 0 Å². The summed E-state index contributed by atoms with van der Waals surface area (Å²) in [6.07, 6.45) is 2.14. The number of rotatable bonds is 6. The third-order valence-corrected chi connectivity index (χ3v) is 6.15. The molecule has 1 aliphatic rings. The fourth-order valence-electron chi connectivity index (χ4n) is 3.28. The van der Waals surface area contributed by atoms with Gasteiger partial charge in [-0.1, -0.05) is 6.92 Å². The normalized spacial score (nSPS) is 16.6. The summed E-state index contributed by atoms with van der Waals surface area (Å²) >= 11 is 1.38. The molecule has 1 amide bonds. The van der Waals surface area contributed by atoms with E-state index in [-0.39, 0.29) is 11.3 Å². The van der Waals surface area contributed by atoms with Crippen molar-refractivity contribution in [3.8, 4) is 5.88 Å². The number of hydrogen-bond acceptors (Lipinski definition) is 7. The zero-order valence-corrected chi connectivity index (χ0v) is 16.6. The minimum atomic E-state index is -0.0550. The summed E-state index contributed by atoms with van der Waals surface area (Å²) < 4.78 is 10.5. The van der Waals surface area contributed by atoms with Gasteiger partial charge in [0.1, 0.15) is 11.4 Å². The lowest BCUT2D eigenvalue weighted by atomic mass is 9.81. The highest BCUT2D eigenvalue weighted by Crippen LogP contribution is 2.35. The van der Waals surface area contributed by atoms with Crippen molar-refractivity contribution in [3.63, 3.8) is 0 Å². The van der Waals surface area contributed by atoms with E-state index in [2.05, 4.69) is 27.5 Å². The Morgan fingerprint density at radius 2 is 2.04 bits per heavy atom. The molecule has 0 saturated carbocycles. The van der Waals surface area contributed by atoms with Crippen LogP contribution in [0, 0.1) is 12.3 Å². The molecule has 0 radical (unpaired) electrons. The second-order valence-corrected chi connectivity index (χ2v) is 8.06. The van der Waals surface area contributed by atoms with Gasteiger partial charge in [-0.3, -0.25) is 4.79 Å². The number of thiophene rings is 1. The van der Waals surface area contributed by atoms with E-state index in [0.717, 1.165) is 41.7 Å². The zero-order valence-electron chi connectivity index (χ0n) is 15.8. The molecule has 26 heavy (non-hydrogen) atoms. The van der Waals surface area contributed by atoms with Crippen LogP contribution in [0.3, 0.4) is 0 Å². The molecule has 1 aliphatic heterocycles. The molecular formula is C18H26N4O3S. The Kier molecular flexibility index (Phi) is 5.74. The van der Waals surface area contributed by atoms with Gasteiger partial charge in [0.15, 0.2) is 5.82 Å². The predicted molar refractivity (Wildman–Crippen MR) is 102 cm³/mol. The Labute approximate surface area is 157 Å². The molecule has 0 bridgehead atoms. The van der Waals surface area contributed by atoms with E-state index in [1.54, 1.807) is 14.2 Å². The number of aromatic nitrogens is 2. The Morgan fingerprint density at radius 3 is 2.69 bits per heavy atom. The van der Waals surface area contributed by atoms with Gasteiger partial charge >= 0.3 is 0 Å². The number of fused-ring (bicyclic) bond motifs is 1. The Hall–Kier alpha value is -1.77. The fraction of sp³-hybridized carbons (Fsp3) is 0.611. The van der Waals surface area contributed by atoms with E-state index in [0.29, 0.717) is 29.7 Å². The molecule has 3 rings (SSSR count). The lowest BCUT2D eigenvalue weighted by molar-refractivity contribution is 0.0926. The van der Waals surface area contributed by atoms with Gasteiger partial charge in [-0.2, -0.15) is 4.98 Å². The highest BCUT2D eigenvalue weighted by atomic mass is 32.1. The first-order valence-electron chi connectivity index (χ1n) is 8.79. The van der Waals surface area contributed by atoms with Crippen LogP contribution < -0.4 is 15.4 Å². The molecule has 2 aromatic heterocycles. The number of amides is 1. The van der Waals surface area contributed by atoms with Gasteiger partial charge in [0.2, 0.25) is 5.88 Å². The highest BCUT2D eigenvalue weighted by molar-refractivity contribution is 7.20. The summed E-state index contributed by atoms with van der Waals surface area (Å²) in [4.78, 5) is 23.1. The van der Waals surface area contributed by atoms with Gasteiger partial charge in [0.25, 0.3) is 5.91 Å². The molecule has 1 fully saturated rings. The van der Waals surface area contributed by atoms with Crippen LogP contribution in [0.1, 0.15) is 40.8 Å². The maximum absolute atomic E-state index is 12.8. The molecule has 2 aromatic rings. The second-order valence-electron chi connectivity index (χ2n) is 7.06. The minimum absolute atomic E-state index is 0.0550. The quantitative estimate of drug-likeness (QED) is 0.802. The van der Waals surface area contributed by atoms with Crippen molar-refractivity contribution in [3.05, 3.63) is 16.3 Å². The molecule has 142 valence electrons. The molecule has 2 N–H and O–H groups in total. The number of aryl methyl sites for hydroxylation is 1. The van der Waals surface area contributed by atoms with Gasteiger partial charge in [-0.15, -0.1) is 11.3 Å². The Morgan fingerprint density at radius 1 is 1.31 bits per heavy atom. The summed E-state index contributed by atoms with van der Waals surface area (Å²) in [7, 11) is 3.17. The number of piperidine rings is 1. The molecule has 0 unspecified atom stereocenters. The Balaban J connectivity index is 1.85. The first kappa shape index (κ1) is 19.0. The van der Waals surface area contributed by atoms with Crippen LogP contribution in [-0.4, -0.2) is 49.7 Å². The van der Waals surface area contributed by atoms with Crippen molar-refractivity contribution < 1.29 is 14.3 Å². The molecule has 0 aliphatic carbocycles. The van der Waals surface area contributed by atoms with E-state index < -0.39 is 0 Å². The minimum Gasteiger partial charge on any atom is -0.480 e. The zero-order chi connectivity index (χ0) is 18.7. The largest absolute Gasteiger partial charge is 0.480 e. The van der Waals surface area contributed by atoms with Crippen LogP contribution in [0.5, 0.6) is 5.88 Å². The summed E-state index contributed by atoms with van der Waals surface area (Å²) in [5, 5.41) is 7.28. The number of hydrogen-bond donors (Lipinski definition) is 2. The molecule has 1 saturated heterocycles. The number of nitrogens with one attached hydrogen (secondary N) is 2. The van der Waals surface area contributed by atoms with Gasteiger partial charge < -0.3 is 20.1 Å². The Bertz CT molecular complexity index is 799. The van der Waals surface area contributed by atoms with Crippen molar-refractivity contribution in [1.29, 1.82) is 0 Å². The van der Waals surface area contributed by atoms with Gasteiger partial charge in [-0.25, -0.2) is 4.98 Å². The summed E-state index contributed by atoms with van der Waals surface area (Å²) in [6.45, 7) is 7.14. The smallest absolute Gasteiger partial charge is 0.261 e. The van der Waals surface area contributed by atoms with Gasteiger partial charge in [0.05, 0.1) is 17.4 Å². The monoisotopic (exact) mass is 378 g/mol. The second kappa shape index (κ2) is 7.85. The van der Waals surface area contributed by atoms with Crippen molar-refractivity contribution in [1.82, 2.24) is 20.6 Å². The molecule has 7 nitrogen and oxygen atoms in total. The predicted octanol–water partition coefficient (Wildman–Crippen LogP) is 2.27. The SMILES string of the molecule is COCc1nc(OC)c2c(C)c(C(=O)NCC3(C)CCNCC3)sc2n1. The standard InChI is InChI=1S/C18H26N4O3S/c1-11-13-16(25-4)21-12(9-24-3)22-17(13)26-14(11)15(23)20-10-18(2)5-7-19-8-6-18/h19H,5-10H2,1-4H3,(H,20,23). The van der Waals surface area contributed by atoms with Crippen LogP contribution in [-0.2, 0) is 11.3 Å². The van der Waals surface area contributed by atoms with E-state index in [9.17, 15) is 4.79 Å². The maximum atomic E-state index is 12.8. The van der Waals surface area contributed by atoms with Crippen molar-refractivity contribution in [2.45, 2.75) is 33.3 Å². The molecule has 0 aromatic carbocycles. The average molecular weight is 378 g/mol. The lowest BCUT2D eigenvalue weighted by Crippen LogP contribution is -2.42. The van der Waals surface area contributed by atoms with E-state index in [1.165, 1.54) is 11.3 Å². The maximum Gasteiger partial charge on any atom is 0.261 e.